The number of halogens is 5. The summed E-state index contributed by atoms with van der Waals surface area (Å²) >= 11 is 1.27. The average molecular weight is 573 g/mol. The number of hydrogen-bond donors (Lipinski definition) is 1. The van der Waals surface area contributed by atoms with Crippen LogP contribution in [0.2, 0.25) is 0 Å². The Morgan fingerprint density at radius 2 is 1.75 bits per heavy atom. The fraction of sp³-hybridized carbons (Fsp3) is 0.233. The summed E-state index contributed by atoms with van der Waals surface area (Å²) in [6.07, 6.45) is -5.25. The third-order valence-electron chi connectivity index (χ3n) is 7.28. The highest BCUT2D eigenvalue weighted by molar-refractivity contribution is 7.99. The zero-order chi connectivity index (χ0) is 28.8. The van der Waals surface area contributed by atoms with Gasteiger partial charge in [0.25, 0.3) is 5.56 Å². The first-order valence-corrected chi connectivity index (χ1v) is 13.4. The van der Waals surface area contributed by atoms with Crippen LogP contribution >= 0.6 is 11.8 Å². The molecule has 1 aliphatic rings. The van der Waals surface area contributed by atoms with Crippen molar-refractivity contribution in [3.8, 4) is 16.9 Å². The Bertz CT molecular complexity index is 1640. The minimum Gasteiger partial charge on any atom is -0.497 e. The van der Waals surface area contributed by atoms with E-state index >= 15 is 4.39 Å². The van der Waals surface area contributed by atoms with E-state index < -0.39 is 53.0 Å². The third kappa shape index (κ3) is 4.90. The maximum Gasteiger partial charge on any atom is 0.416 e. The van der Waals surface area contributed by atoms with E-state index in [1.54, 1.807) is 6.92 Å². The summed E-state index contributed by atoms with van der Waals surface area (Å²) in [4.78, 5) is 14.1. The smallest absolute Gasteiger partial charge is 0.416 e. The number of aromatic nitrogens is 1. The van der Waals surface area contributed by atoms with Gasteiger partial charge in [0.05, 0.1) is 35.3 Å². The molecule has 3 aromatic carbocycles. The summed E-state index contributed by atoms with van der Waals surface area (Å²) < 4.78 is 78.6. The lowest BCUT2D eigenvalue weighted by atomic mass is 9.92. The van der Waals surface area contributed by atoms with Crippen molar-refractivity contribution in [1.29, 1.82) is 0 Å². The summed E-state index contributed by atoms with van der Waals surface area (Å²) in [5, 5.41) is 0.391. The lowest BCUT2D eigenvalue weighted by Crippen LogP contribution is -2.33. The Morgan fingerprint density at radius 1 is 1.02 bits per heavy atom. The number of methoxy groups -OCH3 is 1. The summed E-state index contributed by atoms with van der Waals surface area (Å²) in [7, 11) is 1.40. The second-order valence-corrected chi connectivity index (χ2v) is 10.6. The molecule has 0 saturated heterocycles. The molecule has 2 heterocycles. The second kappa shape index (κ2) is 10.7. The topological polar surface area (TPSA) is 57.2 Å². The minimum absolute atomic E-state index is 0.0344. The van der Waals surface area contributed by atoms with Crippen LogP contribution in [0.3, 0.4) is 0 Å². The quantitative estimate of drug-likeness (QED) is 0.251. The molecule has 0 fully saturated rings. The van der Waals surface area contributed by atoms with Gasteiger partial charge in [-0.15, -0.1) is 11.8 Å². The number of thioether (sulfide) groups is 1. The lowest BCUT2D eigenvalue weighted by Gasteiger charge is -2.25. The van der Waals surface area contributed by atoms with E-state index in [0.717, 1.165) is 29.8 Å². The molecule has 1 aromatic heterocycles. The van der Waals surface area contributed by atoms with E-state index in [1.165, 1.54) is 35.6 Å². The fourth-order valence-corrected chi connectivity index (χ4v) is 6.66. The van der Waals surface area contributed by atoms with Gasteiger partial charge in [-0.05, 0) is 53.9 Å². The van der Waals surface area contributed by atoms with Gasteiger partial charge < -0.3 is 10.5 Å². The van der Waals surface area contributed by atoms with E-state index in [-0.39, 0.29) is 16.7 Å². The molecule has 10 heteroatoms. The van der Waals surface area contributed by atoms with Gasteiger partial charge in [-0.25, -0.2) is 8.78 Å². The van der Waals surface area contributed by atoms with Crippen LogP contribution in [0.1, 0.15) is 39.9 Å². The summed E-state index contributed by atoms with van der Waals surface area (Å²) in [6.45, 7) is 1.55. The first-order chi connectivity index (χ1) is 19.0. The predicted molar refractivity (Wildman–Crippen MR) is 145 cm³/mol. The van der Waals surface area contributed by atoms with Crippen molar-refractivity contribution in [2.45, 2.75) is 36.6 Å². The van der Waals surface area contributed by atoms with Crippen LogP contribution in [0.15, 0.2) is 76.6 Å². The molecule has 4 nitrogen and oxygen atoms in total. The first-order valence-electron chi connectivity index (χ1n) is 12.4. The van der Waals surface area contributed by atoms with Crippen molar-refractivity contribution < 1.29 is 26.7 Å². The first kappa shape index (κ1) is 27.9. The molecule has 0 amide bonds. The molecule has 40 heavy (non-hydrogen) atoms. The largest absolute Gasteiger partial charge is 0.497 e. The van der Waals surface area contributed by atoms with Gasteiger partial charge >= 0.3 is 6.18 Å². The van der Waals surface area contributed by atoms with Crippen LogP contribution < -0.4 is 16.0 Å². The van der Waals surface area contributed by atoms with Gasteiger partial charge in [0.15, 0.2) is 0 Å². The van der Waals surface area contributed by atoms with Gasteiger partial charge in [0.1, 0.15) is 17.4 Å². The molecular weight excluding hydrogens is 547 g/mol. The van der Waals surface area contributed by atoms with Crippen LogP contribution in [-0.2, 0) is 12.6 Å². The number of nitrogens with two attached hydrogens (primary N) is 1. The molecule has 5 rings (SSSR count). The molecule has 2 unspecified atom stereocenters. The molecule has 2 N–H and O–H groups in total. The normalized spacial score (nSPS) is 15.7. The highest BCUT2D eigenvalue weighted by atomic mass is 32.2. The Labute approximate surface area is 231 Å². The number of ether oxygens (including phenoxy) is 1. The summed E-state index contributed by atoms with van der Waals surface area (Å²) in [5.41, 5.74) is 5.67. The average Bonchev–Trinajstić information content (AvgIpc) is 3.37. The molecule has 0 radical (unpaired) electrons. The molecule has 0 saturated carbocycles. The number of nitrogens with zero attached hydrogens (tertiary/aromatic N) is 1. The van der Waals surface area contributed by atoms with Gasteiger partial charge in [0, 0.05) is 23.3 Å². The Morgan fingerprint density at radius 3 is 2.42 bits per heavy atom. The summed E-state index contributed by atoms with van der Waals surface area (Å²) in [6, 6.07) is 14.6. The van der Waals surface area contributed by atoms with Gasteiger partial charge in [-0.1, -0.05) is 36.4 Å². The molecule has 4 aromatic rings. The lowest BCUT2D eigenvalue weighted by molar-refractivity contribution is -0.138. The fourth-order valence-electron chi connectivity index (χ4n) is 5.22. The van der Waals surface area contributed by atoms with E-state index in [0.29, 0.717) is 22.1 Å². The highest BCUT2D eigenvalue weighted by Crippen LogP contribution is 2.44. The molecule has 1 aliphatic heterocycles. The molecule has 0 spiro atoms. The molecule has 0 aliphatic carbocycles. The van der Waals surface area contributed by atoms with Gasteiger partial charge in [-0.3, -0.25) is 9.36 Å². The number of alkyl halides is 3. The van der Waals surface area contributed by atoms with E-state index in [9.17, 15) is 22.4 Å². The van der Waals surface area contributed by atoms with Crippen LogP contribution in [0.25, 0.3) is 11.1 Å². The van der Waals surface area contributed by atoms with E-state index in [2.05, 4.69) is 0 Å². The highest BCUT2D eigenvalue weighted by Gasteiger charge is 2.38. The van der Waals surface area contributed by atoms with Crippen LogP contribution in [0, 0.1) is 18.6 Å². The van der Waals surface area contributed by atoms with E-state index in [4.69, 9.17) is 10.5 Å². The van der Waals surface area contributed by atoms with Gasteiger partial charge in [0.2, 0.25) is 0 Å². The van der Waals surface area contributed by atoms with Crippen molar-refractivity contribution in [2.75, 3.05) is 12.9 Å². The third-order valence-corrected chi connectivity index (χ3v) is 8.50. The Kier molecular flexibility index (Phi) is 7.50. The van der Waals surface area contributed by atoms with Crippen LogP contribution in [-0.4, -0.2) is 17.4 Å². The zero-order valence-electron chi connectivity index (χ0n) is 21.6. The second-order valence-electron chi connectivity index (χ2n) is 9.56. The predicted octanol–water partition coefficient (Wildman–Crippen LogP) is 7.07. The number of hydrogen-bond acceptors (Lipinski definition) is 4. The standard InChI is InChI=1S/C30H25F5N2O2S/c1-16-19(14-20-22(30(33,34)35)9-6-10-23(20)31)29-37(25(15-40-29)27(36)17-7-4-3-5-8-17)28(38)26(16)21-13-18(39-2)11-12-24(21)32/h3-13,25,27H,14-15,36H2,1-2H3. The van der Waals surface area contributed by atoms with Crippen molar-refractivity contribution in [1.82, 2.24) is 4.57 Å². The number of pyridine rings is 1. The minimum atomic E-state index is -4.80. The molecule has 2 atom stereocenters. The van der Waals surface area contributed by atoms with Crippen LogP contribution in [0.4, 0.5) is 22.0 Å². The maximum absolute atomic E-state index is 15.2. The van der Waals surface area contributed by atoms with E-state index in [1.807, 2.05) is 30.3 Å². The Balaban J connectivity index is 1.79. The van der Waals surface area contributed by atoms with Gasteiger partial charge in [-0.2, -0.15) is 13.2 Å². The van der Waals surface area contributed by atoms with Crippen molar-refractivity contribution in [3.63, 3.8) is 0 Å². The number of benzene rings is 3. The molecular formula is C30H25F5N2O2S. The molecule has 0 bridgehead atoms. The number of fused-ring (bicyclic) bond motifs is 1. The maximum atomic E-state index is 15.2. The monoisotopic (exact) mass is 572 g/mol. The number of rotatable bonds is 6. The SMILES string of the molecule is COc1ccc(F)c(-c2c(C)c(Cc3c(F)cccc3C(F)(F)F)c3n(c2=O)C(C(N)c2ccccc2)CS3)c1. The zero-order valence-corrected chi connectivity index (χ0v) is 22.4. The van der Waals surface area contributed by atoms with Crippen LogP contribution in [0.5, 0.6) is 5.75 Å². The van der Waals surface area contributed by atoms with Crippen molar-refractivity contribution in [3.05, 3.63) is 117 Å². The molecule has 208 valence electrons. The summed E-state index contributed by atoms with van der Waals surface area (Å²) in [5.74, 6) is -1.08. The van der Waals surface area contributed by atoms with Crippen molar-refractivity contribution in [2.24, 2.45) is 5.73 Å². The van der Waals surface area contributed by atoms with Crippen molar-refractivity contribution >= 4 is 11.8 Å². The Hall–Kier alpha value is -3.63.